The molecule has 0 aromatic heterocycles. The van der Waals surface area contributed by atoms with Crippen LogP contribution in [0.1, 0.15) is 12.0 Å². The fourth-order valence-electron chi connectivity index (χ4n) is 1.10. The number of carbonyl (C=O) groups is 1. The predicted molar refractivity (Wildman–Crippen MR) is 61.5 cm³/mol. The van der Waals surface area contributed by atoms with Crippen LogP contribution in [-0.4, -0.2) is 18.6 Å². The number of anilines is 1. The molecule has 1 amide bonds. The van der Waals surface area contributed by atoms with Gasteiger partial charge in [-0.2, -0.15) is 0 Å². The summed E-state index contributed by atoms with van der Waals surface area (Å²) in [5.41, 5.74) is 1.83. The summed E-state index contributed by atoms with van der Waals surface area (Å²) in [5, 5.41) is 2.64. The maximum absolute atomic E-state index is 11.2. The van der Waals surface area contributed by atoms with Gasteiger partial charge in [0.05, 0.1) is 6.61 Å². The van der Waals surface area contributed by atoms with Crippen molar-refractivity contribution >= 4 is 23.4 Å². The zero-order valence-electron chi connectivity index (χ0n) is 8.63. The number of rotatable bonds is 4. The summed E-state index contributed by atoms with van der Waals surface area (Å²) in [6, 6.07) is 7.53. The Labute approximate surface area is 94.4 Å². The van der Waals surface area contributed by atoms with Crippen LogP contribution in [0.15, 0.2) is 24.3 Å². The molecule has 0 aliphatic heterocycles. The van der Waals surface area contributed by atoms with Gasteiger partial charge in [-0.15, -0.1) is 11.6 Å². The van der Waals surface area contributed by atoms with Gasteiger partial charge in [-0.3, -0.25) is 5.32 Å². The molecular weight excluding hydrogens is 214 g/mol. The van der Waals surface area contributed by atoms with Crippen molar-refractivity contribution in [3.05, 3.63) is 29.8 Å². The normalized spacial score (nSPS) is 9.73. The van der Waals surface area contributed by atoms with E-state index in [9.17, 15) is 4.79 Å². The number of amides is 1. The second kappa shape index (κ2) is 6.30. The third-order valence-corrected chi connectivity index (χ3v) is 2.04. The Morgan fingerprint density at radius 1 is 1.53 bits per heavy atom. The Hall–Kier alpha value is -1.22. The quantitative estimate of drug-likeness (QED) is 0.634. The molecule has 0 aliphatic carbocycles. The molecule has 3 nitrogen and oxygen atoms in total. The van der Waals surface area contributed by atoms with Crippen molar-refractivity contribution in [2.75, 3.05) is 17.8 Å². The van der Waals surface area contributed by atoms with E-state index in [4.69, 9.17) is 16.3 Å². The fraction of sp³-hybridized carbons (Fsp3) is 0.364. The highest BCUT2D eigenvalue weighted by Crippen LogP contribution is 2.09. The minimum atomic E-state index is -0.439. The van der Waals surface area contributed by atoms with Crippen molar-refractivity contribution in [1.82, 2.24) is 0 Å². The van der Waals surface area contributed by atoms with E-state index in [-0.39, 0.29) is 0 Å². The molecule has 1 aromatic carbocycles. The standard InChI is InChI=1S/C11H14ClNO2/c1-9-4-2-5-10(8-9)13-11(14)15-7-3-6-12/h2,4-5,8H,3,6-7H2,1H3,(H,13,14). The van der Waals surface area contributed by atoms with Gasteiger partial charge in [-0.1, -0.05) is 12.1 Å². The molecule has 0 unspecified atom stereocenters. The molecule has 1 aromatic rings. The van der Waals surface area contributed by atoms with Gasteiger partial charge in [-0.25, -0.2) is 4.79 Å². The molecule has 0 saturated heterocycles. The molecule has 0 atom stereocenters. The second-order valence-corrected chi connectivity index (χ2v) is 3.55. The van der Waals surface area contributed by atoms with Crippen molar-refractivity contribution in [3.63, 3.8) is 0 Å². The Morgan fingerprint density at radius 2 is 2.33 bits per heavy atom. The highest BCUT2D eigenvalue weighted by Gasteiger charge is 2.01. The number of hydrogen-bond donors (Lipinski definition) is 1. The maximum Gasteiger partial charge on any atom is 0.411 e. The summed E-state index contributed by atoms with van der Waals surface area (Å²) in [6.07, 6.45) is 0.230. The molecule has 0 fully saturated rings. The number of alkyl halides is 1. The summed E-state index contributed by atoms with van der Waals surface area (Å²) in [5.74, 6) is 0.498. The molecule has 0 saturated carbocycles. The van der Waals surface area contributed by atoms with Crippen molar-refractivity contribution in [1.29, 1.82) is 0 Å². The predicted octanol–water partition coefficient (Wildman–Crippen LogP) is 3.17. The van der Waals surface area contributed by atoms with Gasteiger partial charge in [0.1, 0.15) is 0 Å². The Balaban J connectivity index is 2.37. The van der Waals surface area contributed by atoms with Gasteiger partial charge >= 0.3 is 6.09 Å². The van der Waals surface area contributed by atoms with Gasteiger partial charge in [0, 0.05) is 11.6 Å². The third kappa shape index (κ3) is 4.70. The van der Waals surface area contributed by atoms with E-state index in [1.807, 2.05) is 31.2 Å². The molecule has 0 heterocycles. The first kappa shape index (κ1) is 11.9. The molecule has 0 aliphatic rings. The van der Waals surface area contributed by atoms with E-state index in [1.165, 1.54) is 0 Å². The Bertz CT molecular complexity index is 328. The first-order chi connectivity index (χ1) is 7.22. The minimum Gasteiger partial charge on any atom is -0.449 e. The summed E-state index contributed by atoms with van der Waals surface area (Å²) < 4.78 is 4.89. The lowest BCUT2D eigenvalue weighted by Gasteiger charge is -2.06. The molecule has 0 bridgehead atoms. The van der Waals surface area contributed by atoms with Crippen LogP contribution in [-0.2, 0) is 4.74 Å². The van der Waals surface area contributed by atoms with E-state index in [1.54, 1.807) is 0 Å². The minimum absolute atomic E-state index is 0.348. The van der Waals surface area contributed by atoms with Crippen molar-refractivity contribution in [2.45, 2.75) is 13.3 Å². The van der Waals surface area contributed by atoms with Gasteiger partial charge in [0.25, 0.3) is 0 Å². The summed E-state index contributed by atoms with van der Waals surface area (Å²) in [7, 11) is 0. The zero-order valence-corrected chi connectivity index (χ0v) is 9.38. The van der Waals surface area contributed by atoms with E-state index in [0.29, 0.717) is 18.9 Å². The monoisotopic (exact) mass is 227 g/mol. The lowest BCUT2D eigenvalue weighted by atomic mass is 10.2. The number of ether oxygens (including phenoxy) is 1. The van der Waals surface area contributed by atoms with E-state index >= 15 is 0 Å². The lowest BCUT2D eigenvalue weighted by Crippen LogP contribution is -2.14. The van der Waals surface area contributed by atoms with Crippen molar-refractivity contribution in [2.24, 2.45) is 0 Å². The van der Waals surface area contributed by atoms with Crippen LogP contribution in [0.3, 0.4) is 0 Å². The van der Waals surface area contributed by atoms with Crippen LogP contribution in [0.25, 0.3) is 0 Å². The average Bonchev–Trinajstić information content (AvgIpc) is 2.18. The number of nitrogens with one attached hydrogen (secondary N) is 1. The van der Waals surface area contributed by atoms with Gasteiger partial charge in [-0.05, 0) is 31.0 Å². The maximum atomic E-state index is 11.2. The van der Waals surface area contributed by atoms with Crippen LogP contribution in [0.2, 0.25) is 0 Å². The van der Waals surface area contributed by atoms with Crippen molar-refractivity contribution in [3.8, 4) is 0 Å². The van der Waals surface area contributed by atoms with Crippen LogP contribution in [0.4, 0.5) is 10.5 Å². The number of aryl methyl sites for hydroxylation is 1. The smallest absolute Gasteiger partial charge is 0.411 e. The van der Waals surface area contributed by atoms with E-state index < -0.39 is 6.09 Å². The number of halogens is 1. The zero-order chi connectivity index (χ0) is 11.1. The highest BCUT2D eigenvalue weighted by atomic mass is 35.5. The lowest BCUT2D eigenvalue weighted by molar-refractivity contribution is 0.162. The molecule has 82 valence electrons. The van der Waals surface area contributed by atoms with Crippen LogP contribution in [0.5, 0.6) is 0 Å². The topological polar surface area (TPSA) is 38.3 Å². The first-order valence-corrected chi connectivity index (χ1v) is 5.32. The van der Waals surface area contributed by atoms with Crippen LogP contribution < -0.4 is 5.32 Å². The summed E-state index contributed by atoms with van der Waals surface area (Å²) in [6.45, 7) is 2.31. The SMILES string of the molecule is Cc1cccc(NC(=O)OCCCCl)c1. The molecule has 1 N–H and O–H groups in total. The molecule has 0 radical (unpaired) electrons. The Kier molecular flexibility index (Phi) is 4.98. The average molecular weight is 228 g/mol. The molecule has 15 heavy (non-hydrogen) atoms. The van der Waals surface area contributed by atoms with Gasteiger partial charge < -0.3 is 4.74 Å². The molecule has 1 rings (SSSR count). The van der Waals surface area contributed by atoms with Crippen LogP contribution in [0, 0.1) is 6.92 Å². The number of benzene rings is 1. The van der Waals surface area contributed by atoms with E-state index in [0.717, 1.165) is 11.3 Å². The van der Waals surface area contributed by atoms with Gasteiger partial charge in [0.2, 0.25) is 0 Å². The fourth-order valence-corrected chi connectivity index (χ4v) is 1.21. The molecule has 4 heteroatoms. The number of hydrogen-bond acceptors (Lipinski definition) is 2. The summed E-state index contributed by atoms with van der Waals surface area (Å²) >= 11 is 5.45. The third-order valence-electron chi connectivity index (χ3n) is 1.78. The van der Waals surface area contributed by atoms with Crippen LogP contribution >= 0.6 is 11.6 Å². The molecular formula is C11H14ClNO2. The number of carbonyl (C=O) groups excluding carboxylic acids is 1. The molecule has 0 spiro atoms. The Morgan fingerprint density at radius 3 is 3.00 bits per heavy atom. The second-order valence-electron chi connectivity index (χ2n) is 3.17. The first-order valence-electron chi connectivity index (χ1n) is 4.79. The largest absolute Gasteiger partial charge is 0.449 e. The summed E-state index contributed by atoms with van der Waals surface area (Å²) in [4.78, 5) is 11.2. The van der Waals surface area contributed by atoms with Crippen molar-refractivity contribution < 1.29 is 9.53 Å². The van der Waals surface area contributed by atoms with Gasteiger partial charge in [0.15, 0.2) is 0 Å². The highest BCUT2D eigenvalue weighted by molar-refractivity contribution is 6.17. The van der Waals surface area contributed by atoms with E-state index in [2.05, 4.69) is 5.32 Å².